The lowest BCUT2D eigenvalue weighted by Crippen LogP contribution is -2.21. The predicted molar refractivity (Wildman–Crippen MR) is 106 cm³/mol. The van der Waals surface area contributed by atoms with Gasteiger partial charge in [0.25, 0.3) is 0 Å². The van der Waals surface area contributed by atoms with Crippen LogP contribution in [0.25, 0.3) is 21.5 Å². The van der Waals surface area contributed by atoms with Gasteiger partial charge in [-0.15, -0.1) is 10.2 Å². The van der Waals surface area contributed by atoms with Gasteiger partial charge in [-0.3, -0.25) is 5.10 Å². The van der Waals surface area contributed by atoms with Crippen LogP contribution < -0.4 is 10.6 Å². The van der Waals surface area contributed by atoms with Crippen molar-refractivity contribution in [3.8, 4) is 10.6 Å². The molecule has 4 aromatic rings. The fourth-order valence-corrected chi connectivity index (χ4v) is 3.65. The van der Waals surface area contributed by atoms with Crippen molar-refractivity contribution in [3.63, 3.8) is 0 Å². The molecule has 4 rings (SSSR count). The molecule has 0 radical (unpaired) electrons. The van der Waals surface area contributed by atoms with E-state index in [0.717, 1.165) is 38.4 Å². The van der Waals surface area contributed by atoms with Gasteiger partial charge in [-0.2, -0.15) is 5.10 Å². The quantitative estimate of drug-likeness (QED) is 0.411. The normalized spacial score (nSPS) is 11.2. The van der Waals surface area contributed by atoms with Crippen molar-refractivity contribution in [1.82, 2.24) is 25.7 Å². The molecule has 2 aromatic heterocycles. The molecule has 0 bridgehead atoms. The second-order valence-corrected chi connectivity index (χ2v) is 7.35. The molecule has 0 saturated heterocycles. The van der Waals surface area contributed by atoms with E-state index in [1.807, 2.05) is 19.1 Å². The molecule has 0 saturated carbocycles. The van der Waals surface area contributed by atoms with Crippen LogP contribution in [0.5, 0.6) is 0 Å². The number of aromatic nitrogens is 4. The van der Waals surface area contributed by atoms with Crippen molar-refractivity contribution in [1.29, 1.82) is 0 Å². The maximum absolute atomic E-state index is 13.2. The molecular weight excluding hydrogens is 382 g/mol. The Balaban J connectivity index is 1.30. The van der Waals surface area contributed by atoms with E-state index in [0.29, 0.717) is 25.2 Å². The minimum Gasteiger partial charge on any atom is -0.359 e. The third kappa shape index (κ3) is 4.15. The first-order valence-corrected chi connectivity index (χ1v) is 9.58. The highest BCUT2D eigenvalue weighted by Gasteiger charge is 2.09. The molecule has 28 heavy (non-hydrogen) atoms. The van der Waals surface area contributed by atoms with Crippen molar-refractivity contribution >= 4 is 27.4 Å². The average molecular weight is 400 g/mol. The summed E-state index contributed by atoms with van der Waals surface area (Å²) in [5.41, 5.74) is 3.51. The number of hydrogen-bond donors (Lipinski definition) is 3. The number of aromatic amines is 1. The Morgan fingerprint density at radius 2 is 1.86 bits per heavy atom. The first-order chi connectivity index (χ1) is 13.6. The first kappa shape index (κ1) is 18.5. The van der Waals surface area contributed by atoms with Gasteiger partial charge in [0.1, 0.15) is 16.6 Å². The largest absolute Gasteiger partial charge is 0.359 e. The molecule has 0 unspecified atom stereocenters. The van der Waals surface area contributed by atoms with Crippen LogP contribution in [0, 0.1) is 18.6 Å². The van der Waals surface area contributed by atoms with Crippen LogP contribution in [0.1, 0.15) is 11.3 Å². The van der Waals surface area contributed by atoms with E-state index >= 15 is 0 Å². The molecular formula is C19H18F2N6S. The minimum atomic E-state index is -0.569. The zero-order valence-electron chi connectivity index (χ0n) is 15.1. The van der Waals surface area contributed by atoms with Crippen molar-refractivity contribution in [2.45, 2.75) is 13.5 Å². The number of benzene rings is 2. The predicted octanol–water partition coefficient (Wildman–Crippen LogP) is 3.87. The smallest absolute Gasteiger partial charge is 0.206 e. The lowest BCUT2D eigenvalue weighted by molar-refractivity contribution is 0.576. The third-order valence-corrected chi connectivity index (χ3v) is 5.18. The number of aryl methyl sites for hydroxylation is 1. The van der Waals surface area contributed by atoms with Crippen LogP contribution >= 0.6 is 11.3 Å². The van der Waals surface area contributed by atoms with Crippen LogP contribution in [0.4, 0.5) is 13.9 Å². The molecule has 2 aromatic carbocycles. The Hall–Kier alpha value is -2.91. The summed E-state index contributed by atoms with van der Waals surface area (Å²) in [6, 6.07) is 9.49. The maximum Gasteiger partial charge on any atom is 0.206 e. The molecule has 0 spiro atoms. The van der Waals surface area contributed by atoms with Gasteiger partial charge in [0.05, 0.1) is 5.52 Å². The lowest BCUT2D eigenvalue weighted by atomic mass is 10.1. The Morgan fingerprint density at radius 3 is 2.68 bits per heavy atom. The first-order valence-electron chi connectivity index (χ1n) is 8.76. The number of rotatable bonds is 7. The Kier molecular flexibility index (Phi) is 5.27. The highest BCUT2D eigenvalue weighted by Crippen LogP contribution is 2.29. The summed E-state index contributed by atoms with van der Waals surface area (Å²) in [7, 11) is 0. The second kappa shape index (κ2) is 7.99. The topological polar surface area (TPSA) is 78.5 Å². The number of nitrogens with zero attached hydrogens (tertiary/aromatic N) is 3. The summed E-state index contributed by atoms with van der Waals surface area (Å²) in [5, 5.41) is 24.6. The summed E-state index contributed by atoms with van der Waals surface area (Å²) in [4.78, 5) is 0. The van der Waals surface area contributed by atoms with Gasteiger partial charge in [-0.1, -0.05) is 11.3 Å². The molecule has 2 heterocycles. The van der Waals surface area contributed by atoms with Crippen molar-refractivity contribution in [2.75, 3.05) is 18.4 Å². The second-order valence-electron chi connectivity index (χ2n) is 6.37. The van der Waals surface area contributed by atoms with Crippen molar-refractivity contribution < 1.29 is 8.78 Å². The monoisotopic (exact) mass is 400 g/mol. The van der Waals surface area contributed by atoms with Gasteiger partial charge in [0.15, 0.2) is 0 Å². The average Bonchev–Trinajstić information content (AvgIpc) is 3.28. The number of fused-ring (bicyclic) bond motifs is 1. The van der Waals surface area contributed by atoms with E-state index in [1.54, 1.807) is 0 Å². The molecule has 9 heteroatoms. The van der Waals surface area contributed by atoms with Crippen LogP contribution in [0.15, 0.2) is 36.4 Å². The molecule has 0 atom stereocenters. The fourth-order valence-electron chi connectivity index (χ4n) is 2.89. The molecule has 0 amide bonds. The maximum atomic E-state index is 13.2. The third-order valence-electron chi connectivity index (χ3n) is 4.25. The molecule has 0 aliphatic rings. The lowest BCUT2D eigenvalue weighted by Gasteiger charge is -2.06. The Labute approximate surface area is 164 Å². The zero-order chi connectivity index (χ0) is 19.5. The van der Waals surface area contributed by atoms with E-state index in [-0.39, 0.29) is 0 Å². The number of nitrogens with one attached hydrogen (secondary N) is 3. The van der Waals surface area contributed by atoms with Gasteiger partial charge in [-0.25, -0.2) is 8.78 Å². The van der Waals surface area contributed by atoms with Gasteiger partial charge >= 0.3 is 0 Å². The van der Waals surface area contributed by atoms with Gasteiger partial charge < -0.3 is 10.6 Å². The van der Waals surface area contributed by atoms with Crippen LogP contribution in [-0.2, 0) is 6.54 Å². The van der Waals surface area contributed by atoms with Crippen LogP contribution in [0.2, 0.25) is 0 Å². The Morgan fingerprint density at radius 1 is 1.04 bits per heavy atom. The highest BCUT2D eigenvalue weighted by atomic mass is 32.1. The van der Waals surface area contributed by atoms with Crippen LogP contribution in [-0.4, -0.2) is 33.5 Å². The summed E-state index contributed by atoms with van der Waals surface area (Å²) in [6.45, 7) is 3.61. The molecule has 144 valence electrons. The number of halogens is 2. The van der Waals surface area contributed by atoms with E-state index in [9.17, 15) is 8.78 Å². The van der Waals surface area contributed by atoms with E-state index in [2.05, 4.69) is 37.1 Å². The molecule has 3 N–H and O–H groups in total. The zero-order valence-corrected chi connectivity index (χ0v) is 15.9. The number of H-pyrrole nitrogens is 1. The number of anilines is 1. The van der Waals surface area contributed by atoms with E-state index < -0.39 is 11.6 Å². The molecule has 0 aliphatic carbocycles. The summed E-state index contributed by atoms with van der Waals surface area (Å²) < 4.78 is 26.3. The van der Waals surface area contributed by atoms with Gasteiger partial charge in [-0.05, 0) is 42.8 Å². The fraction of sp³-hybridized carbons (Fsp3) is 0.211. The summed E-state index contributed by atoms with van der Waals surface area (Å²) in [5.74, 6) is -1.14. The standard InChI is InChI=1S/C19H18F2N6S/c1-11-16-8-13(2-3-17(16)25-24-11)18-26-27-19(28-18)23-5-4-22-10-12-6-14(20)9-15(21)7-12/h2-3,6-9,22H,4-5,10H2,1H3,(H,23,27)(H,24,25). The molecule has 0 aliphatic heterocycles. The summed E-state index contributed by atoms with van der Waals surface area (Å²) in [6.07, 6.45) is 0. The minimum absolute atomic E-state index is 0.391. The number of hydrogen-bond acceptors (Lipinski definition) is 6. The van der Waals surface area contributed by atoms with Crippen molar-refractivity contribution in [3.05, 3.63) is 59.3 Å². The summed E-state index contributed by atoms with van der Waals surface area (Å²) >= 11 is 1.47. The van der Waals surface area contributed by atoms with Gasteiger partial charge in [0, 0.05) is 42.3 Å². The SMILES string of the molecule is Cc1[nH]nc2ccc(-c3nnc(NCCNCc4cc(F)cc(F)c4)s3)cc12. The van der Waals surface area contributed by atoms with E-state index in [1.165, 1.54) is 23.5 Å². The van der Waals surface area contributed by atoms with Gasteiger partial charge in [0.2, 0.25) is 5.13 Å². The van der Waals surface area contributed by atoms with Crippen LogP contribution in [0.3, 0.4) is 0 Å². The molecule has 6 nitrogen and oxygen atoms in total. The Bertz CT molecular complexity index is 1090. The van der Waals surface area contributed by atoms with E-state index in [4.69, 9.17) is 0 Å². The highest BCUT2D eigenvalue weighted by molar-refractivity contribution is 7.18. The van der Waals surface area contributed by atoms with Crippen molar-refractivity contribution in [2.24, 2.45) is 0 Å². The molecule has 0 fully saturated rings.